The Labute approximate surface area is 131 Å². The molecule has 2 nitrogen and oxygen atoms in total. The maximum atomic E-state index is 13.0. The van der Waals surface area contributed by atoms with Crippen molar-refractivity contribution >= 4 is 21.6 Å². The Morgan fingerprint density at radius 1 is 1.38 bits per heavy atom. The van der Waals surface area contributed by atoms with Crippen molar-refractivity contribution in [3.8, 4) is 0 Å². The molecule has 0 aromatic heterocycles. The lowest BCUT2D eigenvalue weighted by atomic mass is 9.97. The topological polar surface area (TPSA) is 15.3 Å². The van der Waals surface area contributed by atoms with E-state index in [1.54, 1.807) is 6.07 Å². The van der Waals surface area contributed by atoms with Crippen LogP contribution in [0.4, 0.5) is 18.9 Å². The molecule has 1 aromatic carbocycles. The fourth-order valence-electron chi connectivity index (χ4n) is 2.94. The zero-order chi connectivity index (χ0) is 15.6. The number of hydrogen-bond donors (Lipinski definition) is 1. The van der Waals surface area contributed by atoms with Crippen molar-refractivity contribution in [2.75, 3.05) is 18.0 Å². The van der Waals surface area contributed by atoms with Crippen molar-refractivity contribution in [3.63, 3.8) is 0 Å². The van der Waals surface area contributed by atoms with E-state index in [-0.39, 0.29) is 10.5 Å². The van der Waals surface area contributed by atoms with E-state index < -0.39 is 11.7 Å². The van der Waals surface area contributed by atoms with Crippen LogP contribution in [0.5, 0.6) is 0 Å². The minimum absolute atomic E-state index is 0.0916. The second kappa shape index (κ2) is 6.57. The van der Waals surface area contributed by atoms with Gasteiger partial charge >= 0.3 is 6.18 Å². The van der Waals surface area contributed by atoms with Crippen molar-refractivity contribution in [1.29, 1.82) is 0 Å². The minimum Gasteiger partial charge on any atom is -0.369 e. The van der Waals surface area contributed by atoms with Crippen LogP contribution in [0.15, 0.2) is 22.7 Å². The lowest BCUT2D eigenvalue weighted by molar-refractivity contribution is -0.138. The normalized spacial score (nSPS) is 23.4. The minimum atomic E-state index is -4.33. The van der Waals surface area contributed by atoms with Gasteiger partial charge in [0.1, 0.15) is 0 Å². The van der Waals surface area contributed by atoms with Crippen molar-refractivity contribution < 1.29 is 13.2 Å². The Bertz CT molecular complexity index is 490. The van der Waals surface area contributed by atoms with Gasteiger partial charge in [-0.15, -0.1) is 0 Å². The molecule has 1 saturated heterocycles. The lowest BCUT2D eigenvalue weighted by Gasteiger charge is -2.40. The van der Waals surface area contributed by atoms with Crippen molar-refractivity contribution in [2.24, 2.45) is 0 Å². The average molecular weight is 365 g/mol. The number of benzene rings is 1. The summed E-state index contributed by atoms with van der Waals surface area (Å²) in [6.07, 6.45) is -2.43. The van der Waals surface area contributed by atoms with Gasteiger partial charge in [-0.1, -0.05) is 22.9 Å². The first kappa shape index (κ1) is 16.6. The number of anilines is 1. The summed E-state index contributed by atoms with van der Waals surface area (Å²) < 4.78 is 39.1. The monoisotopic (exact) mass is 364 g/mol. The van der Waals surface area contributed by atoms with Crippen LogP contribution < -0.4 is 10.2 Å². The van der Waals surface area contributed by atoms with E-state index in [9.17, 15) is 13.2 Å². The molecule has 2 rings (SSSR count). The largest absolute Gasteiger partial charge is 0.417 e. The third kappa shape index (κ3) is 3.92. The molecular weight excluding hydrogens is 345 g/mol. The zero-order valence-corrected chi connectivity index (χ0v) is 13.8. The highest BCUT2D eigenvalue weighted by Crippen LogP contribution is 2.38. The predicted octanol–water partition coefficient (Wildman–Crippen LogP) is 4.43. The molecule has 1 aromatic rings. The molecule has 2 atom stereocenters. The standard InChI is InChI=1S/C15H20BrF3N2/c1-3-20-11-6-7-21(10(2)8-11)12-4-5-14(16)13(9-12)15(17,18)19/h4-5,9-11,20H,3,6-8H2,1-2H3. The Balaban J connectivity index is 2.19. The first-order chi connectivity index (χ1) is 9.82. The summed E-state index contributed by atoms with van der Waals surface area (Å²) in [4.78, 5) is 2.06. The number of halogens is 4. The zero-order valence-electron chi connectivity index (χ0n) is 12.2. The van der Waals surface area contributed by atoms with Gasteiger partial charge in [-0.2, -0.15) is 13.2 Å². The molecule has 0 radical (unpaired) electrons. The van der Waals surface area contributed by atoms with Gasteiger partial charge in [0.2, 0.25) is 0 Å². The molecule has 0 spiro atoms. The Kier molecular flexibility index (Phi) is 5.20. The van der Waals surface area contributed by atoms with E-state index in [2.05, 4.69) is 40.0 Å². The molecule has 1 heterocycles. The maximum absolute atomic E-state index is 13.0. The molecule has 1 fully saturated rings. The highest BCUT2D eigenvalue weighted by molar-refractivity contribution is 9.10. The van der Waals surface area contributed by atoms with Crippen LogP contribution in [-0.4, -0.2) is 25.2 Å². The van der Waals surface area contributed by atoms with Crippen LogP contribution in [0.25, 0.3) is 0 Å². The van der Waals surface area contributed by atoms with Gasteiger partial charge in [0.15, 0.2) is 0 Å². The van der Waals surface area contributed by atoms with Crippen LogP contribution in [-0.2, 0) is 6.18 Å². The Hall–Kier alpha value is -0.750. The molecule has 118 valence electrons. The predicted molar refractivity (Wildman–Crippen MR) is 82.7 cm³/mol. The first-order valence-corrected chi connectivity index (χ1v) is 7.99. The van der Waals surface area contributed by atoms with Crippen LogP contribution in [0.3, 0.4) is 0 Å². The summed E-state index contributed by atoms with van der Waals surface area (Å²) in [5, 5.41) is 3.42. The number of nitrogens with zero attached hydrogens (tertiary/aromatic N) is 1. The molecule has 1 aliphatic rings. The van der Waals surface area contributed by atoms with Gasteiger partial charge in [-0.3, -0.25) is 0 Å². The van der Waals surface area contributed by atoms with E-state index in [4.69, 9.17) is 0 Å². The van der Waals surface area contributed by atoms with E-state index in [0.29, 0.717) is 11.7 Å². The number of hydrogen-bond acceptors (Lipinski definition) is 2. The molecule has 21 heavy (non-hydrogen) atoms. The third-order valence-electron chi connectivity index (χ3n) is 3.96. The molecule has 0 amide bonds. The first-order valence-electron chi connectivity index (χ1n) is 7.19. The average Bonchev–Trinajstić information content (AvgIpc) is 2.39. The molecular formula is C15H20BrF3N2. The lowest BCUT2D eigenvalue weighted by Crippen LogP contribution is -2.47. The summed E-state index contributed by atoms with van der Waals surface area (Å²) >= 11 is 2.99. The number of nitrogens with one attached hydrogen (secondary N) is 1. The third-order valence-corrected chi connectivity index (χ3v) is 4.65. The van der Waals surface area contributed by atoms with E-state index in [0.717, 1.165) is 25.9 Å². The van der Waals surface area contributed by atoms with Gasteiger partial charge in [0.05, 0.1) is 5.56 Å². The highest BCUT2D eigenvalue weighted by Gasteiger charge is 2.34. The molecule has 2 unspecified atom stereocenters. The van der Waals surface area contributed by atoms with Gasteiger partial charge in [-0.05, 0) is 44.5 Å². The van der Waals surface area contributed by atoms with Crippen molar-refractivity contribution in [2.45, 2.75) is 44.9 Å². The quantitative estimate of drug-likeness (QED) is 0.852. The molecule has 1 aliphatic heterocycles. The molecule has 0 bridgehead atoms. The fourth-order valence-corrected chi connectivity index (χ4v) is 3.41. The summed E-state index contributed by atoms with van der Waals surface area (Å²) in [5.74, 6) is 0. The number of piperidine rings is 1. The number of rotatable bonds is 3. The van der Waals surface area contributed by atoms with Crippen molar-refractivity contribution in [1.82, 2.24) is 5.32 Å². The highest BCUT2D eigenvalue weighted by atomic mass is 79.9. The number of alkyl halides is 3. The van der Waals surface area contributed by atoms with Crippen LogP contribution in [0.2, 0.25) is 0 Å². The second-order valence-corrected chi connectivity index (χ2v) is 6.34. The molecule has 0 aliphatic carbocycles. The van der Waals surface area contributed by atoms with Crippen LogP contribution in [0, 0.1) is 0 Å². The second-order valence-electron chi connectivity index (χ2n) is 5.48. The van der Waals surface area contributed by atoms with Gasteiger partial charge in [0, 0.05) is 28.8 Å². The van der Waals surface area contributed by atoms with Gasteiger partial charge in [0.25, 0.3) is 0 Å². The maximum Gasteiger partial charge on any atom is 0.417 e. The van der Waals surface area contributed by atoms with Crippen LogP contribution in [0.1, 0.15) is 32.3 Å². The Morgan fingerprint density at radius 3 is 2.67 bits per heavy atom. The van der Waals surface area contributed by atoms with Crippen LogP contribution >= 0.6 is 15.9 Å². The van der Waals surface area contributed by atoms with Gasteiger partial charge in [-0.25, -0.2) is 0 Å². The Morgan fingerprint density at radius 2 is 2.10 bits per heavy atom. The van der Waals surface area contributed by atoms with Gasteiger partial charge < -0.3 is 10.2 Å². The summed E-state index contributed by atoms with van der Waals surface area (Å²) in [7, 11) is 0. The molecule has 1 N–H and O–H groups in total. The summed E-state index contributed by atoms with van der Waals surface area (Å²) in [6, 6.07) is 5.17. The van der Waals surface area contributed by atoms with Crippen molar-refractivity contribution in [3.05, 3.63) is 28.2 Å². The molecule has 6 heteroatoms. The van der Waals surface area contributed by atoms with E-state index in [1.807, 2.05) is 0 Å². The fraction of sp³-hybridized carbons (Fsp3) is 0.600. The SMILES string of the molecule is CCNC1CCN(c2ccc(Br)c(C(F)(F)F)c2)C(C)C1. The summed E-state index contributed by atoms with van der Waals surface area (Å²) in [6.45, 7) is 5.84. The van der Waals surface area contributed by atoms with E-state index >= 15 is 0 Å². The molecule has 0 saturated carbocycles. The van der Waals surface area contributed by atoms with E-state index in [1.165, 1.54) is 12.1 Å². The smallest absolute Gasteiger partial charge is 0.369 e. The summed E-state index contributed by atoms with van der Waals surface area (Å²) in [5.41, 5.74) is 0.0361.